The second kappa shape index (κ2) is 9.42. The molecule has 0 heterocycles. The maximum absolute atomic E-state index is 12.0. The first-order chi connectivity index (χ1) is 12.5. The number of carbonyl (C=O) groups is 2. The highest BCUT2D eigenvalue weighted by atomic mass is 16.5. The molecule has 2 N–H and O–H groups in total. The third kappa shape index (κ3) is 5.77. The molecular weight excluding hydrogens is 328 g/mol. The van der Waals surface area contributed by atoms with Crippen molar-refractivity contribution in [2.75, 3.05) is 12.4 Å². The van der Waals surface area contributed by atoms with Crippen LogP contribution in [-0.4, -0.2) is 25.0 Å². The van der Waals surface area contributed by atoms with Crippen LogP contribution in [-0.2, 0) is 4.79 Å². The van der Waals surface area contributed by atoms with Crippen LogP contribution in [0.15, 0.2) is 54.6 Å². The molecule has 1 unspecified atom stereocenters. The van der Waals surface area contributed by atoms with E-state index in [2.05, 4.69) is 10.6 Å². The standard InChI is InChI=1S/C21H24N2O3/c1-4-15(2)22-21(25)17-8-10-18(11-9-17)23-20(24)14-7-16-5-12-19(26-3)13-6-16/h5-15H,4H2,1-3H3,(H,22,25)(H,23,24)/b14-7+. The van der Waals surface area contributed by atoms with Crippen molar-refractivity contribution >= 4 is 23.6 Å². The Morgan fingerprint density at radius 1 is 1.08 bits per heavy atom. The third-order valence-corrected chi connectivity index (χ3v) is 3.95. The summed E-state index contributed by atoms with van der Waals surface area (Å²) in [5, 5.41) is 5.68. The van der Waals surface area contributed by atoms with E-state index in [1.807, 2.05) is 38.1 Å². The van der Waals surface area contributed by atoms with Crippen molar-refractivity contribution in [2.24, 2.45) is 0 Å². The van der Waals surface area contributed by atoms with Gasteiger partial charge in [-0.05, 0) is 61.4 Å². The summed E-state index contributed by atoms with van der Waals surface area (Å²) in [4.78, 5) is 24.0. The number of benzene rings is 2. The van der Waals surface area contributed by atoms with E-state index in [0.717, 1.165) is 17.7 Å². The molecule has 0 aliphatic heterocycles. The van der Waals surface area contributed by atoms with E-state index in [-0.39, 0.29) is 17.9 Å². The molecule has 0 spiro atoms. The maximum Gasteiger partial charge on any atom is 0.251 e. The Kier molecular flexibility index (Phi) is 6.97. The summed E-state index contributed by atoms with van der Waals surface area (Å²) in [6.07, 6.45) is 4.06. The molecule has 26 heavy (non-hydrogen) atoms. The van der Waals surface area contributed by atoms with Crippen molar-refractivity contribution in [2.45, 2.75) is 26.3 Å². The fourth-order valence-corrected chi connectivity index (χ4v) is 2.18. The van der Waals surface area contributed by atoms with Gasteiger partial charge in [-0.1, -0.05) is 19.1 Å². The van der Waals surface area contributed by atoms with Gasteiger partial charge < -0.3 is 15.4 Å². The van der Waals surface area contributed by atoms with Crippen molar-refractivity contribution in [3.63, 3.8) is 0 Å². The van der Waals surface area contributed by atoms with Crippen molar-refractivity contribution in [1.29, 1.82) is 0 Å². The minimum absolute atomic E-state index is 0.114. The van der Waals surface area contributed by atoms with Crippen LogP contribution >= 0.6 is 0 Å². The zero-order chi connectivity index (χ0) is 18.9. The van der Waals surface area contributed by atoms with E-state index in [9.17, 15) is 9.59 Å². The Morgan fingerprint density at radius 2 is 1.73 bits per heavy atom. The van der Waals surface area contributed by atoms with Crippen molar-refractivity contribution in [3.05, 3.63) is 65.7 Å². The molecule has 0 aromatic heterocycles. The first-order valence-electron chi connectivity index (χ1n) is 8.56. The van der Waals surface area contributed by atoms with Crippen LogP contribution in [0.2, 0.25) is 0 Å². The number of rotatable bonds is 7. The first kappa shape index (κ1) is 19.2. The predicted molar refractivity (Wildman–Crippen MR) is 104 cm³/mol. The predicted octanol–water partition coefficient (Wildman–Crippen LogP) is 3.88. The number of methoxy groups -OCH3 is 1. The highest BCUT2D eigenvalue weighted by Gasteiger charge is 2.08. The number of nitrogens with one attached hydrogen (secondary N) is 2. The zero-order valence-corrected chi connectivity index (χ0v) is 15.3. The van der Waals surface area contributed by atoms with Gasteiger partial charge in [0.1, 0.15) is 5.75 Å². The van der Waals surface area contributed by atoms with E-state index in [0.29, 0.717) is 11.3 Å². The SMILES string of the molecule is CCC(C)NC(=O)c1ccc(NC(=O)/C=C/c2ccc(OC)cc2)cc1. The molecule has 1 atom stereocenters. The van der Waals surface area contributed by atoms with Gasteiger partial charge in [0.05, 0.1) is 7.11 Å². The van der Waals surface area contributed by atoms with Gasteiger partial charge in [-0.15, -0.1) is 0 Å². The van der Waals surface area contributed by atoms with Crippen LogP contribution in [0.25, 0.3) is 6.08 Å². The summed E-state index contributed by atoms with van der Waals surface area (Å²) in [7, 11) is 1.61. The van der Waals surface area contributed by atoms with Gasteiger partial charge in [-0.2, -0.15) is 0 Å². The Balaban J connectivity index is 1.92. The van der Waals surface area contributed by atoms with Gasteiger partial charge in [0.2, 0.25) is 5.91 Å². The summed E-state index contributed by atoms with van der Waals surface area (Å²) < 4.78 is 5.10. The van der Waals surface area contributed by atoms with Gasteiger partial charge in [-0.3, -0.25) is 9.59 Å². The number of hydrogen-bond donors (Lipinski definition) is 2. The lowest BCUT2D eigenvalue weighted by atomic mass is 10.1. The van der Waals surface area contributed by atoms with Crippen LogP contribution in [0.5, 0.6) is 5.75 Å². The largest absolute Gasteiger partial charge is 0.497 e. The molecule has 136 valence electrons. The number of amides is 2. The van der Waals surface area contributed by atoms with E-state index >= 15 is 0 Å². The van der Waals surface area contributed by atoms with Crippen LogP contribution in [0.4, 0.5) is 5.69 Å². The fraction of sp³-hybridized carbons (Fsp3) is 0.238. The quantitative estimate of drug-likeness (QED) is 0.743. The Labute approximate surface area is 154 Å². The van der Waals surface area contributed by atoms with Crippen LogP contribution in [0.3, 0.4) is 0 Å². The van der Waals surface area contributed by atoms with Crippen molar-refractivity contribution in [3.8, 4) is 5.75 Å². The average Bonchev–Trinajstić information content (AvgIpc) is 2.67. The monoisotopic (exact) mass is 352 g/mol. The molecular formula is C21H24N2O3. The van der Waals surface area contributed by atoms with Crippen molar-refractivity contribution in [1.82, 2.24) is 5.32 Å². The molecule has 0 radical (unpaired) electrons. The minimum atomic E-state index is -0.238. The molecule has 0 saturated carbocycles. The van der Waals surface area contributed by atoms with Crippen LogP contribution in [0, 0.1) is 0 Å². The summed E-state index contributed by atoms with van der Waals surface area (Å²) in [5.74, 6) is 0.415. The lowest BCUT2D eigenvalue weighted by Crippen LogP contribution is -2.31. The third-order valence-electron chi connectivity index (χ3n) is 3.95. The number of ether oxygens (including phenoxy) is 1. The molecule has 0 fully saturated rings. The molecule has 0 bridgehead atoms. The lowest BCUT2D eigenvalue weighted by molar-refractivity contribution is -0.111. The summed E-state index contributed by atoms with van der Waals surface area (Å²) in [5.41, 5.74) is 2.10. The van der Waals surface area contributed by atoms with E-state index < -0.39 is 0 Å². The Morgan fingerprint density at radius 3 is 2.31 bits per heavy atom. The van der Waals surface area contributed by atoms with Gasteiger partial charge in [-0.25, -0.2) is 0 Å². The van der Waals surface area contributed by atoms with Crippen molar-refractivity contribution < 1.29 is 14.3 Å². The van der Waals surface area contributed by atoms with Gasteiger partial charge in [0.25, 0.3) is 5.91 Å². The minimum Gasteiger partial charge on any atom is -0.497 e. The number of hydrogen-bond acceptors (Lipinski definition) is 3. The topological polar surface area (TPSA) is 67.4 Å². The highest BCUT2D eigenvalue weighted by molar-refractivity contribution is 6.02. The van der Waals surface area contributed by atoms with Crippen LogP contribution in [0.1, 0.15) is 36.2 Å². The molecule has 0 aliphatic carbocycles. The zero-order valence-electron chi connectivity index (χ0n) is 15.3. The molecule has 5 heteroatoms. The van der Waals surface area contributed by atoms with Gasteiger partial charge in [0.15, 0.2) is 0 Å². The molecule has 2 amide bonds. The molecule has 0 aliphatic rings. The Hall–Kier alpha value is -3.08. The second-order valence-corrected chi connectivity index (χ2v) is 5.96. The molecule has 0 saturated heterocycles. The van der Waals surface area contributed by atoms with Gasteiger partial charge >= 0.3 is 0 Å². The van der Waals surface area contributed by atoms with E-state index in [1.54, 1.807) is 37.5 Å². The fourth-order valence-electron chi connectivity index (χ4n) is 2.18. The molecule has 2 aromatic carbocycles. The van der Waals surface area contributed by atoms with Crippen LogP contribution < -0.4 is 15.4 Å². The Bertz CT molecular complexity index is 765. The number of anilines is 1. The average molecular weight is 352 g/mol. The summed E-state index contributed by atoms with van der Waals surface area (Å²) >= 11 is 0. The second-order valence-electron chi connectivity index (χ2n) is 5.96. The van der Waals surface area contributed by atoms with E-state index in [4.69, 9.17) is 4.74 Å². The summed E-state index contributed by atoms with van der Waals surface area (Å²) in [6.45, 7) is 3.98. The van der Waals surface area contributed by atoms with E-state index in [1.165, 1.54) is 6.08 Å². The highest BCUT2D eigenvalue weighted by Crippen LogP contribution is 2.13. The molecule has 5 nitrogen and oxygen atoms in total. The van der Waals surface area contributed by atoms with Gasteiger partial charge in [0, 0.05) is 23.4 Å². The summed E-state index contributed by atoms with van der Waals surface area (Å²) in [6, 6.07) is 14.4. The first-order valence-corrected chi connectivity index (χ1v) is 8.56. The lowest BCUT2D eigenvalue weighted by Gasteiger charge is -2.11. The normalized spacial score (nSPS) is 11.8. The number of carbonyl (C=O) groups excluding carboxylic acids is 2. The smallest absolute Gasteiger partial charge is 0.251 e. The molecule has 2 aromatic rings. The molecule has 2 rings (SSSR count). The maximum atomic E-state index is 12.0.